The third kappa shape index (κ3) is 2.23. The average molecular weight is 409 g/mol. The number of hydrogen-bond acceptors (Lipinski definition) is 3. The molecule has 152 valence electrons. The summed E-state index contributed by atoms with van der Waals surface area (Å²) in [6.07, 6.45) is 0. The van der Waals surface area contributed by atoms with Gasteiger partial charge in [0.25, 0.3) is 0 Å². The molecule has 5 heteroatoms. The van der Waals surface area contributed by atoms with Gasteiger partial charge in [-0.3, -0.25) is 9.59 Å². The van der Waals surface area contributed by atoms with E-state index < -0.39 is 17.8 Å². The first kappa shape index (κ1) is 18.1. The fourth-order valence-electron chi connectivity index (χ4n) is 5.95. The van der Waals surface area contributed by atoms with Crippen LogP contribution in [0.5, 0.6) is 0 Å². The van der Waals surface area contributed by atoms with Crippen LogP contribution < -0.4 is 4.90 Å². The number of carboxylic acid groups (broad SMARTS) is 1. The molecule has 2 bridgehead atoms. The van der Waals surface area contributed by atoms with E-state index in [4.69, 9.17) is 0 Å². The minimum Gasteiger partial charge on any atom is -0.478 e. The van der Waals surface area contributed by atoms with Gasteiger partial charge in [0.05, 0.1) is 23.1 Å². The van der Waals surface area contributed by atoms with E-state index >= 15 is 0 Å². The molecule has 2 atom stereocenters. The van der Waals surface area contributed by atoms with Crippen molar-refractivity contribution in [3.8, 4) is 0 Å². The van der Waals surface area contributed by atoms with Crippen molar-refractivity contribution in [2.24, 2.45) is 11.8 Å². The molecule has 1 fully saturated rings. The van der Waals surface area contributed by atoms with Gasteiger partial charge in [0.2, 0.25) is 11.8 Å². The Bertz CT molecular complexity index is 1190. The molecule has 1 aliphatic heterocycles. The second kappa shape index (κ2) is 6.14. The van der Waals surface area contributed by atoms with Crippen LogP contribution >= 0.6 is 0 Å². The standard InChI is InChI=1S/C26H19NO4/c1-13-12-14(26(30)31)10-11-19(13)27-24(28)22-20-15-6-2-3-7-16(15)21(23(22)25(27)29)18-9-5-4-8-17(18)20/h2-12,20-23H,1H3,(H,30,31)/t20?,21?,22-,23+. The van der Waals surface area contributed by atoms with Gasteiger partial charge in [-0.25, -0.2) is 9.69 Å². The lowest BCUT2D eigenvalue weighted by Crippen LogP contribution is -2.41. The molecule has 3 aromatic rings. The van der Waals surface area contributed by atoms with Gasteiger partial charge in [0, 0.05) is 11.8 Å². The molecule has 0 saturated carbocycles. The molecule has 1 N–H and O–H groups in total. The molecule has 0 radical (unpaired) electrons. The van der Waals surface area contributed by atoms with Gasteiger partial charge in [0.15, 0.2) is 0 Å². The Balaban J connectivity index is 1.53. The molecule has 1 heterocycles. The van der Waals surface area contributed by atoms with Gasteiger partial charge < -0.3 is 5.11 Å². The molecular formula is C26H19NO4. The van der Waals surface area contributed by atoms with E-state index in [1.807, 2.05) is 24.3 Å². The largest absolute Gasteiger partial charge is 0.478 e. The van der Waals surface area contributed by atoms with Gasteiger partial charge >= 0.3 is 5.97 Å². The molecule has 2 amide bonds. The molecule has 3 aliphatic carbocycles. The maximum Gasteiger partial charge on any atom is 0.335 e. The lowest BCUT2D eigenvalue weighted by molar-refractivity contribution is -0.122. The number of amides is 2. The van der Waals surface area contributed by atoms with Crippen molar-refractivity contribution < 1.29 is 19.5 Å². The molecule has 1 saturated heterocycles. The summed E-state index contributed by atoms with van der Waals surface area (Å²) in [6.45, 7) is 1.74. The molecule has 3 aromatic carbocycles. The quantitative estimate of drug-likeness (QED) is 0.647. The highest BCUT2D eigenvalue weighted by molar-refractivity contribution is 6.23. The highest BCUT2D eigenvalue weighted by Crippen LogP contribution is 2.61. The van der Waals surface area contributed by atoms with E-state index in [2.05, 4.69) is 24.3 Å². The van der Waals surface area contributed by atoms with E-state index in [0.717, 1.165) is 22.3 Å². The summed E-state index contributed by atoms with van der Waals surface area (Å²) >= 11 is 0. The van der Waals surface area contributed by atoms with Gasteiger partial charge in [-0.1, -0.05) is 48.5 Å². The van der Waals surface area contributed by atoms with Crippen LogP contribution in [0.15, 0.2) is 66.7 Å². The summed E-state index contributed by atoms with van der Waals surface area (Å²) in [5.74, 6) is -2.61. The fraction of sp³-hybridized carbons (Fsp3) is 0.192. The maximum atomic E-state index is 13.7. The number of carbonyl (C=O) groups excluding carboxylic acids is 2. The number of rotatable bonds is 2. The fourth-order valence-corrected chi connectivity index (χ4v) is 5.95. The van der Waals surface area contributed by atoms with Crippen LogP contribution in [0.1, 0.15) is 50.0 Å². The van der Waals surface area contributed by atoms with Gasteiger partial charge in [-0.2, -0.15) is 0 Å². The number of anilines is 1. The van der Waals surface area contributed by atoms with Crippen molar-refractivity contribution in [3.05, 3.63) is 100 Å². The van der Waals surface area contributed by atoms with Gasteiger partial charge in [0.1, 0.15) is 0 Å². The predicted octanol–water partition coefficient (Wildman–Crippen LogP) is 4.09. The number of aryl methyl sites for hydroxylation is 1. The number of nitrogens with zero attached hydrogens (tertiary/aromatic N) is 1. The summed E-state index contributed by atoms with van der Waals surface area (Å²) in [7, 11) is 0. The smallest absolute Gasteiger partial charge is 0.335 e. The zero-order valence-corrected chi connectivity index (χ0v) is 16.8. The molecule has 4 aliphatic rings. The summed E-state index contributed by atoms with van der Waals surface area (Å²) in [5.41, 5.74) is 5.74. The van der Waals surface area contributed by atoms with Crippen LogP contribution in [0, 0.1) is 18.8 Å². The topological polar surface area (TPSA) is 74.7 Å². The van der Waals surface area contributed by atoms with Crippen molar-refractivity contribution in [3.63, 3.8) is 0 Å². The van der Waals surface area contributed by atoms with E-state index in [-0.39, 0.29) is 29.2 Å². The number of carbonyl (C=O) groups is 3. The number of carboxylic acids is 1. The Hall–Kier alpha value is -3.73. The van der Waals surface area contributed by atoms with E-state index in [0.29, 0.717) is 11.3 Å². The number of aromatic carboxylic acids is 1. The SMILES string of the molecule is Cc1cc(C(=O)O)ccc1N1C(=O)[C@@H]2C3c4ccccc4C(c4ccccc43)[C@@H]2C1=O. The minimum absolute atomic E-state index is 0.137. The van der Waals surface area contributed by atoms with Gasteiger partial charge in [-0.15, -0.1) is 0 Å². The van der Waals surface area contributed by atoms with E-state index in [9.17, 15) is 19.5 Å². The average Bonchev–Trinajstić information content (AvgIpc) is 3.04. The number of imide groups is 1. The first-order chi connectivity index (χ1) is 15.0. The van der Waals surface area contributed by atoms with Crippen molar-refractivity contribution in [1.82, 2.24) is 0 Å². The predicted molar refractivity (Wildman–Crippen MR) is 114 cm³/mol. The Labute approximate surface area is 178 Å². The van der Waals surface area contributed by atoms with Crippen molar-refractivity contribution in [2.45, 2.75) is 18.8 Å². The first-order valence-corrected chi connectivity index (χ1v) is 10.4. The molecular weight excluding hydrogens is 390 g/mol. The van der Waals surface area contributed by atoms with E-state index in [1.54, 1.807) is 13.0 Å². The Morgan fingerprint density at radius 3 is 1.61 bits per heavy atom. The summed E-state index contributed by atoms with van der Waals surface area (Å²) in [4.78, 5) is 40.1. The molecule has 0 spiro atoms. The van der Waals surface area contributed by atoms with Crippen molar-refractivity contribution >= 4 is 23.5 Å². The van der Waals surface area contributed by atoms with Crippen molar-refractivity contribution in [2.75, 3.05) is 4.90 Å². The van der Waals surface area contributed by atoms with Crippen LogP contribution in [0.2, 0.25) is 0 Å². The van der Waals surface area contributed by atoms with Gasteiger partial charge in [-0.05, 0) is 52.9 Å². The Kier molecular flexibility index (Phi) is 3.58. The second-order valence-corrected chi connectivity index (χ2v) is 8.58. The number of benzene rings is 3. The van der Waals surface area contributed by atoms with E-state index in [1.165, 1.54) is 17.0 Å². The van der Waals surface area contributed by atoms with Crippen LogP contribution in [0.4, 0.5) is 5.69 Å². The van der Waals surface area contributed by atoms with Crippen LogP contribution in [0.25, 0.3) is 0 Å². The third-order valence-corrected chi connectivity index (χ3v) is 7.13. The molecule has 0 unspecified atom stereocenters. The summed E-state index contributed by atoms with van der Waals surface area (Å²) < 4.78 is 0. The first-order valence-electron chi connectivity index (χ1n) is 10.4. The maximum absolute atomic E-state index is 13.7. The zero-order chi connectivity index (χ0) is 21.4. The van der Waals surface area contributed by atoms with Crippen LogP contribution in [-0.2, 0) is 9.59 Å². The Morgan fingerprint density at radius 1 is 0.774 bits per heavy atom. The zero-order valence-electron chi connectivity index (χ0n) is 16.8. The lowest BCUT2D eigenvalue weighted by atomic mass is 9.55. The number of hydrogen-bond donors (Lipinski definition) is 1. The molecule has 0 aromatic heterocycles. The second-order valence-electron chi connectivity index (χ2n) is 8.58. The molecule has 31 heavy (non-hydrogen) atoms. The molecule has 5 nitrogen and oxygen atoms in total. The summed E-state index contributed by atoms with van der Waals surface area (Å²) in [5, 5.41) is 9.27. The van der Waals surface area contributed by atoms with Crippen LogP contribution in [0.3, 0.4) is 0 Å². The molecule has 7 rings (SSSR count). The third-order valence-electron chi connectivity index (χ3n) is 7.13. The normalized spacial score (nSPS) is 25.3. The lowest BCUT2D eigenvalue weighted by Gasteiger charge is -2.45. The van der Waals surface area contributed by atoms with Crippen molar-refractivity contribution in [1.29, 1.82) is 0 Å². The summed E-state index contributed by atoms with van der Waals surface area (Å²) in [6, 6.07) is 20.8. The highest BCUT2D eigenvalue weighted by atomic mass is 16.4. The highest BCUT2D eigenvalue weighted by Gasteiger charge is 2.61. The monoisotopic (exact) mass is 409 g/mol. The minimum atomic E-state index is -1.04. The van der Waals surface area contributed by atoms with Crippen LogP contribution in [-0.4, -0.2) is 22.9 Å². The Morgan fingerprint density at radius 2 is 1.23 bits per heavy atom.